The van der Waals surface area contributed by atoms with Crippen molar-refractivity contribution < 1.29 is 18.3 Å². The molecule has 0 fully saturated rings. The molecule has 206 valence electrons. The number of methoxy groups -OCH3 is 1. The van der Waals surface area contributed by atoms with E-state index < -0.39 is 11.6 Å². The second-order valence-electron chi connectivity index (χ2n) is 11.2. The first-order valence-electron chi connectivity index (χ1n) is 13.7. The van der Waals surface area contributed by atoms with Crippen LogP contribution in [0.15, 0.2) is 30.6 Å². The van der Waals surface area contributed by atoms with Gasteiger partial charge in [0.1, 0.15) is 35.8 Å². The number of hydrogen-bond acceptors (Lipinski definition) is 4. The van der Waals surface area contributed by atoms with Crippen LogP contribution in [0.5, 0.6) is 5.75 Å². The van der Waals surface area contributed by atoms with Gasteiger partial charge in [0.05, 0.1) is 18.9 Å². The molecule has 0 unspecified atom stereocenters. The molecule has 1 aromatic carbocycles. The third-order valence-electron chi connectivity index (χ3n) is 6.84. The lowest BCUT2D eigenvalue weighted by molar-refractivity contribution is 0.0763. The van der Waals surface area contributed by atoms with Gasteiger partial charge in [-0.3, -0.25) is 0 Å². The van der Waals surface area contributed by atoms with Crippen molar-refractivity contribution in [2.24, 2.45) is 5.41 Å². The molecule has 0 saturated heterocycles. The summed E-state index contributed by atoms with van der Waals surface area (Å²) >= 11 is 0. The highest BCUT2D eigenvalue weighted by molar-refractivity contribution is 5.99. The van der Waals surface area contributed by atoms with Gasteiger partial charge in [-0.2, -0.15) is 5.26 Å². The largest absolute Gasteiger partial charge is 0.496 e. The zero-order valence-corrected chi connectivity index (χ0v) is 23.3. The quantitative estimate of drug-likeness (QED) is 0.186. The van der Waals surface area contributed by atoms with E-state index in [2.05, 4.69) is 31.8 Å². The maximum atomic E-state index is 15.0. The molecule has 0 bridgehead atoms. The minimum absolute atomic E-state index is 0.0934. The van der Waals surface area contributed by atoms with Crippen molar-refractivity contribution in [1.82, 2.24) is 9.55 Å². The van der Waals surface area contributed by atoms with E-state index in [0.717, 1.165) is 19.0 Å². The van der Waals surface area contributed by atoms with Gasteiger partial charge < -0.3 is 14.0 Å². The van der Waals surface area contributed by atoms with E-state index in [1.165, 1.54) is 76.7 Å². The number of rotatable bonds is 15. The van der Waals surface area contributed by atoms with Crippen LogP contribution in [0.3, 0.4) is 0 Å². The van der Waals surface area contributed by atoms with Crippen molar-refractivity contribution in [3.8, 4) is 22.9 Å². The van der Waals surface area contributed by atoms with Crippen molar-refractivity contribution in [1.29, 1.82) is 5.26 Å². The van der Waals surface area contributed by atoms with Gasteiger partial charge in [-0.05, 0) is 36.5 Å². The molecule has 3 rings (SSSR count). The molecule has 0 radical (unpaired) electrons. The first-order chi connectivity index (χ1) is 18.2. The highest BCUT2D eigenvalue weighted by Gasteiger charge is 2.22. The smallest absolute Gasteiger partial charge is 0.150 e. The van der Waals surface area contributed by atoms with Crippen LogP contribution in [0.4, 0.5) is 8.78 Å². The third kappa shape index (κ3) is 8.26. The second-order valence-corrected chi connectivity index (χ2v) is 11.2. The number of benzene rings is 1. The highest BCUT2D eigenvalue weighted by atomic mass is 19.1. The van der Waals surface area contributed by atoms with Crippen molar-refractivity contribution in [2.75, 3.05) is 13.7 Å². The van der Waals surface area contributed by atoms with Gasteiger partial charge in [0.15, 0.2) is 0 Å². The molecule has 38 heavy (non-hydrogen) atoms. The number of unbranched alkanes of at least 4 members (excludes halogenated alkanes) is 8. The van der Waals surface area contributed by atoms with E-state index in [1.54, 1.807) is 10.8 Å². The number of nitriles is 1. The number of aromatic nitrogens is 2. The molecule has 0 atom stereocenters. The molecule has 0 aliphatic heterocycles. The second kappa shape index (κ2) is 14.2. The predicted octanol–water partition coefficient (Wildman–Crippen LogP) is 8.78. The van der Waals surface area contributed by atoms with Gasteiger partial charge in [-0.25, -0.2) is 13.8 Å². The summed E-state index contributed by atoms with van der Waals surface area (Å²) in [5.41, 5.74) is 1.43. The molecule has 3 aromatic rings. The normalized spacial score (nSPS) is 11.7. The van der Waals surface area contributed by atoms with E-state index in [0.29, 0.717) is 28.8 Å². The summed E-state index contributed by atoms with van der Waals surface area (Å²) in [6.45, 7) is 7.72. The maximum absolute atomic E-state index is 15.0. The van der Waals surface area contributed by atoms with Gasteiger partial charge in [0, 0.05) is 29.3 Å². The summed E-state index contributed by atoms with van der Waals surface area (Å²) < 4.78 is 41.9. The van der Waals surface area contributed by atoms with Crippen LogP contribution < -0.4 is 4.74 Å². The average molecular weight is 526 g/mol. The number of pyridine rings is 1. The lowest BCUT2D eigenvalue weighted by atomic mass is 9.89. The molecule has 0 saturated carbocycles. The molecule has 2 aromatic heterocycles. The summed E-state index contributed by atoms with van der Waals surface area (Å²) in [6.07, 6.45) is 15.2. The van der Waals surface area contributed by atoms with E-state index in [1.807, 2.05) is 0 Å². The third-order valence-corrected chi connectivity index (χ3v) is 6.84. The zero-order valence-electron chi connectivity index (χ0n) is 23.3. The fourth-order valence-corrected chi connectivity index (χ4v) is 4.81. The molecule has 0 spiro atoms. The molecule has 0 aliphatic carbocycles. The Bertz CT molecular complexity index is 1220. The Morgan fingerprint density at radius 1 is 0.974 bits per heavy atom. The van der Waals surface area contributed by atoms with Crippen LogP contribution in [0.25, 0.3) is 22.2 Å². The minimum Gasteiger partial charge on any atom is -0.496 e. The molecule has 7 heteroatoms. The molecule has 0 amide bonds. The fourth-order valence-electron chi connectivity index (χ4n) is 4.81. The van der Waals surface area contributed by atoms with Gasteiger partial charge in [0.25, 0.3) is 0 Å². The van der Waals surface area contributed by atoms with E-state index in [-0.39, 0.29) is 23.4 Å². The summed E-state index contributed by atoms with van der Waals surface area (Å²) in [6, 6.07) is 6.01. The topological polar surface area (TPSA) is 60.1 Å². The molecular formula is C31H41F2N3O2. The molecular weight excluding hydrogens is 484 g/mol. The zero-order chi connectivity index (χ0) is 27.5. The van der Waals surface area contributed by atoms with Crippen molar-refractivity contribution >= 4 is 11.0 Å². The first-order valence-corrected chi connectivity index (χ1v) is 13.7. The summed E-state index contributed by atoms with van der Waals surface area (Å²) in [5, 5.41) is 10.1. The number of fused-ring (bicyclic) bond motifs is 1. The van der Waals surface area contributed by atoms with Crippen molar-refractivity contribution in [3.05, 3.63) is 47.8 Å². The molecule has 5 nitrogen and oxygen atoms in total. The van der Waals surface area contributed by atoms with Crippen molar-refractivity contribution in [2.45, 2.75) is 91.7 Å². The highest BCUT2D eigenvalue weighted by Crippen LogP contribution is 2.38. The van der Waals surface area contributed by atoms with Crippen LogP contribution in [-0.2, 0) is 11.5 Å². The Hall–Kier alpha value is -2.98. The minimum atomic E-state index is -0.651. The molecule has 2 heterocycles. The summed E-state index contributed by atoms with van der Waals surface area (Å²) in [7, 11) is 1.44. The van der Waals surface area contributed by atoms with Crippen LogP contribution in [0, 0.1) is 28.4 Å². The predicted molar refractivity (Wildman–Crippen MR) is 148 cm³/mol. The summed E-state index contributed by atoms with van der Waals surface area (Å²) in [4.78, 5) is 4.22. The van der Waals surface area contributed by atoms with Crippen LogP contribution in [0.2, 0.25) is 0 Å². The average Bonchev–Trinajstić information content (AvgIpc) is 3.23. The number of ether oxygens (including phenoxy) is 2. The Labute approximate surface area is 225 Å². The molecule has 0 aliphatic rings. The Balaban J connectivity index is 1.49. The SMILES string of the molecule is COc1ccc(F)cc1-c1c(F)cnc2c1c(C#N)cn2COCCCCCCCCCCCC(C)(C)C. The van der Waals surface area contributed by atoms with Gasteiger partial charge in [0.2, 0.25) is 0 Å². The summed E-state index contributed by atoms with van der Waals surface area (Å²) in [5.74, 6) is -0.866. The first kappa shape index (κ1) is 29.6. The number of hydrogen-bond donors (Lipinski definition) is 0. The van der Waals surface area contributed by atoms with Crippen LogP contribution in [0.1, 0.15) is 90.5 Å². The van der Waals surface area contributed by atoms with Crippen molar-refractivity contribution in [3.63, 3.8) is 0 Å². The van der Waals surface area contributed by atoms with E-state index in [4.69, 9.17) is 9.47 Å². The Kier molecular flexibility index (Phi) is 11.1. The Morgan fingerprint density at radius 2 is 1.63 bits per heavy atom. The van der Waals surface area contributed by atoms with Gasteiger partial charge in [-0.1, -0.05) is 72.1 Å². The van der Waals surface area contributed by atoms with Gasteiger partial charge >= 0.3 is 0 Å². The standard InChI is InChI=1S/C31H41F2N3O2/c1-31(2,3)16-12-10-8-6-5-7-9-11-13-17-38-22-36-21-23(19-34)28-29(26(33)20-35-30(28)36)25-18-24(32)14-15-27(25)37-4/h14-15,18,20-21H,5-13,16-17,22H2,1-4H3. The lowest BCUT2D eigenvalue weighted by Crippen LogP contribution is -2.04. The molecule has 0 N–H and O–H groups in total. The van der Waals surface area contributed by atoms with Crippen LogP contribution >= 0.6 is 0 Å². The number of halogens is 2. The number of nitrogens with zero attached hydrogens (tertiary/aromatic N) is 3. The lowest BCUT2D eigenvalue weighted by Gasteiger charge is -2.17. The monoisotopic (exact) mass is 525 g/mol. The van der Waals surface area contributed by atoms with Gasteiger partial charge in [-0.15, -0.1) is 0 Å². The van der Waals surface area contributed by atoms with Crippen LogP contribution in [-0.4, -0.2) is 23.3 Å². The maximum Gasteiger partial charge on any atom is 0.150 e. The fraction of sp³-hybridized carbons (Fsp3) is 0.548. The Morgan fingerprint density at radius 3 is 2.26 bits per heavy atom. The van der Waals surface area contributed by atoms with E-state index >= 15 is 0 Å². The van der Waals surface area contributed by atoms with E-state index in [9.17, 15) is 14.0 Å².